The Labute approximate surface area is 352 Å². The second-order valence-corrected chi connectivity index (χ2v) is 17.6. The van der Waals surface area contributed by atoms with Crippen molar-refractivity contribution >= 4 is 50.2 Å². The van der Waals surface area contributed by atoms with Crippen LogP contribution in [0.3, 0.4) is 0 Å². The third kappa shape index (κ3) is 4.96. The van der Waals surface area contributed by atoms with Crippen LogP contribution < -0.4 is 4.90 Å². The van der Waals surface area contributed by atoms with Crippen LogP contribution in [0.25, 0.3) is 77.6 Å². The minimum absolute atomic E-state index is 0.0812. The molecule has 3 heterocycles. The van der Waals surface area contributed by atoms with Crippen molar-refractivity contribution in [3.63, 3.8) is 0 Å². The van der Waals surface area contributed by atoms with E-state index in [0.29, 0.717) is 0 Å². The largest absolute Gasteiger partial charge is 0.304 e. The molecular formula is C51H42N10. The third-order valence-corrected chi connectivity index (χ3v) is 13.2. The molecule has 0 amide bonds. The van der Waals surface area contributed by atoms with Gasteiger partial charge in [-0.1, -0.05) is 107 Å². The Kier molecular flexibility index (Phi) is 7.15. The quantitative estimate of drug-likeness (QED) is 0.171. The summed E-state index contributed by atoms with van der Waals surface area (Å²) in [6.45, 7) is 9.24. The topological polar surface area (TPSA) is 95.4 Å². The molecule has 12 rings (SSSR count). The molecular weight excluding hydrogens is 753 g/mol. The van der Waals surface area contributed by atoms with Crippen molar-refractivity contribution in [2.75, 3.05) is 4.90 Å². The number of anilines is 3. The molecule has 3 aromatic heterocycles. The van der Waals surface area contributed by atoms with Crippen molar-refractivity contribution in [1.82, 2.24) is 45.0 Å². The van der Waals surface area contributed by atoms with E-state index in [-0.39, 0.29) is 10.8 Å². The van der Waals surface area contributed by atoms with Crippen LogP contribution in [0.15, 0.2) is 127 Å². The van der Waals surface area contributed by atoms with Crippen molar-refractivity contribution in [3.05, 3.63) is 150 Å². The van der Waals surface area contributed by atoms with E-state index >= 15 is 0 Å². The summed E-state index contributed by atoms with van der Waals surface area (Å²) in [6.07, 6.45) is 0. The fraction of sp³-hybridized carbons (Fsp3) is 0.176. The lowest BCUT2D eigenvalue weighted by Crippen LogP contribution is -2.14. The highest BCUT2D eigenvalue weighted by molar-refractivity contribution is 6.09. The molecule has 61 heavy (non-hydrogen) atoms. The molecule has 0 radical (unpaired) electrons. The Morgan fingerprint density at radius 1 is 0.361 bits per heavy atom. The Morgan fingerprint density at radius 3 is 1.31 bits per heavy atom. The van der Waals surface area contributed by atoms with Gasteiger partial charge in [-0.05, 0) is 104 Å². The van der Waals surface area contributed by atoms with Crippen molar-refractivity contribution in [3.8, 4) is 44.5 Å². The van der Waals surface area contributed by atoms with E-state index in [1.165, 1.54) is 44.5 Å². The van der Waals surface area contributed by atoms with E-state index in [0.717, 1.165) is 72.4 Å². The van der Waals surface area contributed by atoms with E-state index in [4.69, 9.17) is 30.6 Å². The Hall–Kier alpha value is -7.46. The third-order valence-electron chi connectivity index (χ3n) is 13.2. The fourth-order valence-corrected chi connectivity index (χ4v) is 10.4. The minimum Gasteiger partial charge on any atom is -0.304 e. The van der Waals surface area contributed by atoms with Gasteiger partial charge in [-0.2, -0.15) is 45.0 Å². The smallest absolute Gasteiger partial charge is 0.137 e. The maximum Gasteiger partial charge on any atom is 0.137 e. The first-order valence-corrected chi connectivity index (χ1v) is 20.8. The first kappa shape index (κ1) is 35.5. The molecule has 0 bridgehead atoms. The number of hydrogen-bond donors (Lipinski definition) is 0. The predicted molar refractivity (Wildman–Crippen MR) is 243 cm³/mol. The molecule has 10 heteroatoms. The van der Waals surface area contributed by atoms with E-state index in [9.17, 15) is 0 Å². The summed E-state index contributed by atoms with van der Waals surface area (Å²) in [5.74, 6) is 0. The number of aromatic nitrogens is 9. The second kappa shape index (κ2) is 12.3. The van der Waals surface area contributed by atoms with Gasteiger partial charge < -0.3 is 4.90 Å². The summed E-state index contributed by atoms with van der Waals surface area (Å²) in [4.78, 5) is 7.16. The predicted octanol–water partition coefficient (Wildman–Crippen LogP) is 10.9. The first-order valence-electron chi connectivity index (χ1n) is 20.8. The molecule has 0 N–H and O–H groups in total. The Bertz CT molecular complexity index is 3300. The van der Waals surface area contributed by atoms with Gasteiger partial charge in [0.1, 0.15) is 33.1 Å². The molecule has 0 atom stereocenters. The molecule has 0 saturated heterocycles. The molecule has 296 valence electrons. The van der Waals surface area contributed by atoms with Crippen LogP contribution in [-0.4, -0.2) is 45.0 Å². The minimum atomic E-state index is -0.0812. The average molecular weight is 795 g/mol. The van der Waals surface area contributed by atoms with Crippen LogP contribution in [0.5, 0.6) is 0 Å². The molecule has 0 spiro atoms. The van der Waals surface area contributed by atoms with Gasteiger partial charge in [0.05, 0.1) is 17.1 Å². The van der Waals surface area contributed by atoms with Crippen molar-refractivity contribution < 1.29 is 0 Å². The average Bonchev–Trinajstić information content (AvgIpc) is 4.05. The van der Waals surface area contributed by atoms with Gasteiger partial charge in [-0.25, -0.2) is 0 Å². The molecule has 10 nitrogen and oxygen atoms in total. The van der Waals surface area contributed by atoms with Gasteiger partial charge in [-0.15, -0.1) is 0 Å². The van der Waals surface area contributed by atoms with Crippen LogP contribution in [0.4, 0.5) is 17.1 Å². The Balaban J connectivity index is 1.07. The highest BCUT2D eigenvalue weighted by atomic mass is 15.5. The molecule has 10 aromatic rings. The zero-order chi connectivity index (χ0) is 41.5. The highest BCUT2D eigenvalue weighted by Crippen LogP contribution is 2.52. The van der Waals surface area contributed by atoms with E-state index in [2.05, 4.69) is 148 Å². The van der Waals surface area contributed by atoms with Gasteiger partial charge in [0, 0.05) is 43.1 Å². The number of nitrogens with zero attached hydrogens (tertiary/aromatic N) is 10. The Morgan fingerprint density at radius 2 is 0.787 bits per heavy atom. The molecule has 0 saturated carbocycles. The fourth-order valence-electron chi connectivity index (χ4n) is 10.4. The summed E-state index contributed by atoms with van der Waals surface area (Å²) in [5.41, 5.74) is 21.7. The molecule has 7 aromatic carbocycles. The van der Waals surface area contributed by atoms with Gasteiger partial charge in [0.15, 0.2) is 0 Å². The van der Waals surface area contributed by atoms with Crippen LogP contribution in [0.2, 0.25) is 0 Å². The van der Waals surface area contributed by atoms with E-state index < -0.39 is 0 Å². The number of aryl methyl sites for hydroxylation is 3. The van der Waals surface area contributed by atoms with Gasteiger partial charge in [-0.3, -0.25) is 0 Å². The molecule has 2 aliphatic rings. The highest BCUT2D eigenvalue weighted by Gasteiger charge is 2.37. The second-order valence-electron chi connectivity index (χ2n) is 17.6. The van der Waals surface area contributed by atoms with Crippen molar-refractivity contribution in [1.29, 1.82) is 0 Å². The van der Waals surface area contributed by atoms with Crippen LogP contribution in [0, 0.1) is 0 Å². The summed E-state index contributed by atoms with van der Waals surface area (Å²) in [6, 6.07) is 46.0. The van der Waals surface area contributed by atoms with Gasteiger partial charge in [0.25, 0.3) is 0 Å². The maximum atomic E-state index is 5.08. The first-order chi connectivity index (χ1) is 29.5. The van der Waals surface area contributed by atoms with Crippen molar-refractivity contribution in [2.24, 2.45) is 21.1 Å². The number of benzene rings is 7. The lowest BCUT2D eigenvalue weighted by Gasteiger charge is -2.26. The van der Waals surface area contributed by atoms with Crippen LogP contribution in [-0.2, 0) is 32.0 Å². The zero-order valence-electron chi connectivity index (χ0n) is 35.1. The number of rotatable bonds is 5. The van der Waals surface area contributed by atoms with E-state index in [1.54, 1.807) is 14.4 Å². The maximum absolute atomic E-state index is 5.08. The SMILES string of the molecule is Cn1nc2cccc(N(c3ccc(-c4ccc5c(c4)-c4ccccc4C5(C)C)c4nn(C)nc34)c3ccc(-c4ccc5c(c4)-c4ccccc4C5(C)C)c4nn(C)nc34)c2n1. The lowest BCUT2D eigenvalue weighted by atomic mass is 9.82. The monoisotopic (exact) mass is 794 g/mol. The molecule has 0 unspecified atom stereocenters. The van der Waals surface area contributed by atoms with Crippen LogP contribution in [0.1, 0.15) is 49.9 Å². The number of fused-ring (bicyclic) bond motifs is 9. The number of hydrogen-bond acceptors (Lipinski definition) is 7. The van der Waals surface area contributed by atoms with Crippen LogP contribution >= 0.6 is 0 Å². The molecule has 0 fully saturated rings. The summed E-state index contributed by atoms with van der Waals surface area (Å²) in [7, 11) is 5.62. The summed E-state index contributed by atoms with van der Waals surface area (Å²) in [5, 5.41) is 29.9. The molecule has 2 aliphatic carbocycles. The molecule has 0 aliphatic heterocycles. The lowest BCUT2D eigenvalue weighted by molar-refractivity contribution is 0.660. The summed E-state index contributed by atoms with van der Waals surface area (Å²) < 4.78 is 0. The summed E-state index contributed by atoms with van der Waals surface area (Å²) >= 11 is 0. The standard InChI is InChI=1S/C51H42N10/c1-50(2)37-15-10-8-13-33(37)35-27-29(19-23-39(35)50)31-21-25-43(48-45(31)53-59(6)56-48)61(42-18-12-17-41-47(42)55-58(5)52-41)44-26-22-32(46-49(44)57-60(7)54-46)30-20-24-40-36(28-30)34-14-9-11-16-38(34)51(40,3)4/h8-28H,1-7H3. The van der Waals surface area contributed by atoms with Gasteiger partial charge >= 0.3 is 0 Å². The van der Waals surface area contributed by atoms with Gasteiger partial charge in [0.2, 0.25) is 0 Å². The van der Waals surface area contributed by atoms with Crippen molar-refractivity contribution in [2.45, 2.75) is 38.5 Å². The van der Waals surface area contributed by atoms with E-state index in [1.807, 2.05) is 33.3 Å². The normalized spacial score (nSPS) is 14.4. The zero-order valence-corrected chi connectivity index (χ0v) is 35.1.